The first-order valence-corrected chi connectivity index (χ1v) is 5.98. The van der Waals surface area contributed by atoms with Gasteiger partial charge in [0, 0.05) is 15.1 Å². The molecule has 0 atom stereocenters. The Hall–Kier alpha value is -0.573. The van der Waals surface area contributed by atoms with Gasteiger partial charge in [-0.15, -0.1) is 0 Å². The van der Waals surface area contributed by atoms with E-state index in [0.29, 0.717) is 12.2 Å². The lowest BCUT2D eigenvalue weighted by atomic mass is 10.4. The van der Waals surface area contributed by atoms with Crippen LogP contribution in [-0.4, -0.2) is 22.1 Å². The molecule has 0 saturated heterocycles. The van der Waals surface area contributed by atoms with Gasteiger partial charge in [-0.25, -0.2) is 4.79 Å². The normalized spacial score (nSPS) is 10.2. The molecule has 0 unspecified atom stereocenters. The van der Waals surface area contributed by atoms with E-state index in [1.54, 1.807) is 6.92 Å². The van der Waals surface area contributed by atoms with Crippen LogP contribution in [0.15, 0.2) is 12.2 Å². The van der Waals surface area contributed by atoms with Crippen molar-refractivity contribution in [2.24, 2.45) is 0 Å². The van der Waals surface area contributed by atoms with E-state index in [2.05, 4.69) is 13.1 Å². The fraction of sp³-hybridized carbons (Fsp3) is 0.571. The fourth-order valence-electron chi connectivity index (χ4n) is 0.637. The molecule has 0 bridgehead atoms. The van der Waals surface area contributed by atoms with Crippen LogP contribution in [0.25, 0.3) is 0 Å². The second-order valence-corrected chi connectivity index (χ2v) is 3.57. The minimum atomic E-state index is -0.225. The van der Waals surface area contributed by atoms with Gasteiger partial charge in [-0.1, -0.05) is 13.1 Å². The molecule has 0 fully saturated rings. The second-order valence-electron chi connectivity index (χ2n) is 2.07. The molecule has 0 amide bonds. The van der Waals surface area contributed by atoms with Crippen LogP contribution < -0.4 is 0 Å². The molecule has 0 spiro atoms. The van der Waals surface area contributed by atoms with E-state index < -0.39 is 0 Å². The average molecular weight is 158 g/mol. The molecular formula is C7H14O2Si. The van der Waals surface area contributed by atoms with E-state index in [1.165, 1.54) is 0 Å². The molecule has 0 radical (unpaired) electrons. The van der Waals surface area contributed by atoms with Crippen molar-refractivity contribution in [3.8, 4) is 0 Å². The average Bonchev–Trinajstić information content (AvgIpc) is 1.89. The third-order valence-corrected chi connectivity index (χ3v) is 2.22. The Morgan fingerprint density at radius 3 is 2.70 bits per heavy atom. The highest BCUT2D eigenvalue weighted by Crippen LogP contribution is 1.99. The maximum atomic E-state index is 10.8. The molecule has 0 aliphatic rings. The van der Waals surface area contributed by atoms with E-state index in [1.807, 2.05) is 0 Å². The number of esters is 1. The van der Waals surface area contributed by atoms with Crippen molar-refractivity contribution in [2.75, 3.05) is 6.61 Å². The molecule has 0 saturated carbocycles. The number of hydrogen-bond acceptors (Lipinski definition) is 2. The largest absolute Gasteiger partial charge is 0.463 e. The predicted molar refractivity (Wildman–Crippen MR) is 45.0 cm³/mol. The summed E-state index contributed by atoms with van der Waals surface area (Å²) in [5.41, 5.74) is 0.635. The van der Waals surface area contributed by atoms with Crippen molar-refractivity contribution in [1.29, 1.82) is 0 Å². The van der Waals surface area contributed by atoms with Crippen molar-refractivity contribution in [1.82, 2.24) is 0 Å². The topological polar surface area (TPSA) is 26.3 Å². The van der Waals surface area contributed by atoms with Gasteiger partial charge in [0.2, 0.25) is 0 Å². The summed E-state index contributed by atoms with van der Waals surface area (Å²) >= 11 is 0. The fourth-order valence-corrected chi connectivity index (χ4v) is 1.44. The van der Waals surface area contributed by atoms with Crippen LogP contribution in [0.1, 0.15) is 6.92 Å². The number of hydrogen-bond donors (Lipinski definition) is 0. The Bertz CT molecular complexity index is 116. The van der Waals surface area contributed by atoms with E-state index in [4.69, 9.17) is 4.74 Å². The summed E-state index contributed by atoms with van der Waals surface area (Å²) in [7, 11) is -0.0936. The van der Waals surface area contributed by atoms with E-state index in [-0.39, 0.29) is 15.5 Å². The van der Waals surface area contributed by atoms with Gasteiger partial charge in [0.25, 0.3) is 0 Å². The zero-order chi connectivity index (χ0) is 7.98. The zero-order valence-electron chi connectivity index (χ0n) is 6.64. The first-order valence-electron chi connectivity index (χ1n) is 3.57. The molecule has 0 aromatic carbocycles. The Morgan fingerprint density at radius 2 is 2.30 bits per heavy atom. The molecule has 58 valence electrons. The van der Waals surface area contributed by atoms with Gasteiger partial charge in [0.15, 0.2) is 0 Å². The van der Waals surface area contributed by atoms with Gasteiger partial charge in [0.05, 0.1) is 6.61 Å². The standard InChI is InChI=1S/C7H14O2Si/c1-4-9-7(8)6(2)5-10-3/h2,4-5,10H2,1,3H3. The Labute approximate surface area is 64.1 Å². The summed E-state index contributed by atoms with van der Waals surface area (Å²) in [5, 5.41) is 0. The summed E-state index contributed by atoms with van der Waals surface area (Å²) < 4.78 is 4.74. The zero-order valence-corrected chi connectivity index (χ0v) is 8.06. The van der Waals surface area contributed by atoms with Gasteiger partial charge in [-0.05, 0) is 13.0 Å². The van der Waals surface area contributed by atoms with Gasteiger partial charge >= 0.3 is 5.97 Å². The highest BCUT2D eigenvalue weighted by atomic mass is 28.2. The lowest BCUT2D eigenvalue weighted by Crippen LogP contribution is -2.07. The molecule has 0 aromatic heterocycles. The summed E-state index contributed by atoms with van der Waals surface area (Å²) in [6.07, 6.45) is 0. The highest BCUT2D eigenvalue weighted by molar-refractivity contribution is 6.35. The highest BCUT2D eigenvalue weighted by Gasteiger charge is 2.04. The molecule has 0 aliphatic heterocycles. The van der Waals surface area contributed by atoms with Crippen LogP contribution in [-0.2, 0) is 9.53 Å². The van der Waals surface area contributed by atoms with Gasteiger partial charge in [-0.2, -0.15) is 0 Å². The summed E-state index contributed by atoms with van der Waals surface area (Å²) in [5.74, 6) is -0.225. The Kier molecular flexibility index (Phi) is 4.93. The van der Waals surface area contributed by atoms with E-state index in [0.717, 1.165) is 6.04 Å². The third kappa shape index (κ3) is 3.45. The quantitative estimate of drug-likeness (QED) is 0.343. The summed E-state index contributed by atoms with van der Waals surface area (Å²) in [4.78, 5) is 10.8. The van der Waals surface area contributed by atoms with Gasteiger partial charge in [0.1, 0.15) is 0 Å². The maximum Gasteiger partial charge on any atom is 0.333 e. The van der Waals surface area contributed by atoms with Crippen molar-refractivity contribution in [3.63, 3.8) is 0 Å². The van der Waals surface area contributed by atoms with Crippen molar-refractivity contribution in [3.05, 3.63) is 12.2 Å². The molecule has 0 rings (SSSR count). The molecule has 0 aromatic rings. The van der Waals surface area contributed by atoms with Crippen molar-refractivity contribution in [2.45, 2.75) is 19.5 Å². The summed E-state index contributed by atoms with van der Waals surface area (Å²) in [6, 6.07) is 0.874. The SMILES string of the molecule is C=C(C[SiH2]C)C(=O)OCC. The Morgan fingerprint density at radius 1 is 1.70 bits per heavy atom. The first kappa shape index (κ1) is 9.43. The van der Waals surface area contributed by atoms with Gasteiger partial charge < -0.3 is 4.74 Å². The van der Waals surface area contributed by atoms with Crippen LogP contribution in [0.3, 0.4) is 0 Å². The molecule has 2 nitrogen and oxygen atoms in total. The number of carbonyl (C=O) groups is 1. The Balaban J connectivity index is 3.60. The third-order valence-electron chi connectivity index (χ3n) is 1.12. The van der Waals surface area contributed by atoms with E-state index in [9.17, 15) is 4.79 Å². The van der Waals surface area contributed by atoms with Gasteiger partial charge in [-0.3, -0.25) is 0 Å². The maximum absolute atomic E-state index is 10.8. The molecular weight excluding hydrogens is 144 g/mol. The minimum Gasteiger partial charge on any atom is -0.463 e. The lowest BCUT2D eigenvalue weighted by molar-refractivity contribution is -0.138. The second kappa shape index (κ2) is 5.23. The van der Waals surface area contributed by atoms with Crippen LogP contribution >= 0.6 is 0 Å². The monoisotopic (exact) mass is 158 g/mol. The van der Waals surface area contributed by atoms with Crippen LogP contribution in [0.4, 0.5) is 0 Å². The molecule has 0 N–H and O–H groups in total. The van der Waals surface area contributed by atoms with Crippen molar-refractivity contribution >= 4 is 15.5 Å². The first-order chi connectivity index (χ1) is 4.72. The molecule has 0 aliphatic carbocycles. The lowest BCUT2D eigenvalue weighted by Gasteiger charge is -2.01. The predicted octanol–water partition coefficient (Wildman–Crippen LogP) is 0.741. The van der Waals surface area contributed by atoms with E-state index >= 15 is 0 Å². The summed E-state index contributed by atoms with van der Waals surface area (Å²) in [6.45, 7) is 8.01. The van der Waals surface area contributed by atoms with Crippen molar-refractivity contribution < 1.29 is 9.53 Å². The molecule has 0 heterocycles. The number of rotatable bonds is 4. The van der Waals surface area contributed by atoms with Crippen LogP contribution in [0.5, 0.6) is 0 Å². The minimum absolute atomic E-state index is 0.0936. The smallest absolute Gasteiger partial charge is 0.333 e. The number of ether oxygens (including phenoxy) is 1. The number of carbonyl (C=O) groups excluding carboxylic acids is 1. The van der Waals surface area contributed by atoms with Crippen LogP contribution in [0, 0.1) is 0 Å². The molecule has 3 heteroatoms. The van der Waals surface area contributed by atoms with Crippen LogP contribution in [0.2, 0.25) is 12.6 Å². The molecule has 10 heavy (non-hydrogen) atoms.